The van der Waals surface area contributed by atoms with Crippen LogP contribution in [0.4, 0.5) is 0 Å². The molecule has 1 saturated heterocycles. The maximum Gasteiger partial charge on any atom is 0.224 e. The van der Waals surface area contributed by atoms with Gasteiger partial charge in [-0.15, -0.1) is 0 Å². The van der Waals surface area contributed by atoms with Gasteiger partial charge in [0.25, 0.3) is 0 Å². The van der Waals surface area contributed by atoms with Crippen molar-refractivity contribution < 1.29 is 14.3 Å². The van der Waals surface area contributed by atoms with Gasteiger partial charge in [-0.05, 0) is 47.2 Å². The van der Waals surface area contributed by atoms with Gasteiger partial charge in [0.2, 0.25) is 5.91 Å². The minimum Gasteiger partial charge on any atom is -0.497 e. The molecule has 0 spiro atoms. The van der Waals surface area contributed by atoms with Gasteiger partial charge in [0.05, 0.1) is 19.6 Å². The zero-order valence-corrected chi connectivity index (χ0v) is 15.2. The van der Waals surface area contributed by atoms with Crippen molar-refractivity contribution in [3.63, 3.8) is 0 Å². The lowest BCUT2D eigenvalue weighted by Gasteiger charge is -2.32. The van der Waals surface area contributed by atoms with Crippen LogP contribution in [0.15, 0.2) is 36.4 Å². The minimum absolute atomic E-state index is 0.0738. The molecule has 0 unspecified atom stereocenters. The van der Waals surface area contributed by atoms with Gasteiger partial charge in [0.15, 0.2) is 0 Å². The SMILES string of the molecule is COc1ccc2cccc(CC(=O)N[C@H]3CCO[C@@H](C(C)C)C3)c2c1. The first-order valence-corrected chi connectivity index (χ1v) is 9.03. The first-order chi connectivity index (χ1) is 12.1. The van der Waals surface area contributed by atoms with E-state index >= 15 is 0 Å². The van der Waals surface area contributed by atoms with Crippen LogP contribution in [0, 0.1) is 5.92 Å². The Morgan fingerprint density at radius 1 is 1.32 bits per heavy atom. The van der Waals surface area contributed by atoms with Crippen LogP contribution in [0.3, 0.4) is 0 Å². The van der Waals surface area contributed by atoms with E-state index in [1.165, 1.54) is 0 Å². The third kappa shape index (κ3) is 4.31. The molecule has 3 rings (SSSR count). The summed E-state index contributed by atoms with van der Waals surface area (Å²) in [6.45, 7) is 5.05. The minimum atomic E-state index is 0.0738. The van der Waals surface area contributed by atoms with Gasteiger partial charge < -0.3 is 14.8 Å². The van der Waals surface area contributed by atoms with Crippen molar-refractivity contribution in [3.8, 4) is 5.75 Å². The second kappa shape index (κ2) is 7.87. The van der Waals surface area contributed by atoms with E-state index in [-0.39, 0.29) is 18.1 Å². The molecule has 2 atom stereocenters. The van der Waals surface area contributed by atoms with E-state index in [2.05, 4.69) is 25.2 Å². The van der Waals surface area contributed by atoms with E-state index in [1.807, 2.05) is 30.3 Å². The van der Waals surface area contributed by atoms with Gasteiger partial charge >= 0.3 is 0 Å². The molecule has 1 aliphatic rings. The molecular formula is C21H27NO3. The number of methoxy groups -OCH3 is 1. The third-order valence-electron chi connectivity index (χ3n) is 4.95. The lowest BCUT2D eigenvalue weighted by atomic mass is 9.95. The van der Waals surface area contributed by atoms with Crippen molar-refractivity contribution in [2.75, 3.05) is 13.7 Å². The number of benzene rings is 2. The molecule has 0 aliphatic carbocycles. The molecule has 4 heteroatoms. The Morgan fingerprint density at radius 2 is 2.16 bits per heavy atom. The summed E-state index contributed by atoms with van der Waals surface area (Å²) >= 11 is 0. The van der Waals surface area contributed by atoms with Crippen molar-refractivity contribution in [1.29, 1.82) is 0 Å². The fraction of sp³-hybridized carbons (Fsp3) is 0.476. The molecule has 0 saturated carbocycles. The molecular weight excluding hydrogens is 314 g/mol. The average molecular weight is 341 g/mol. The predicted molar refractivity (Wildman–Crippen MR) is 99.9 cm³/mol. The van der Waals surface area contributed by atoms with Crippen molar-refractivity contribution in [2.24, 2.45) is 5.92 Å². The molecule has 2 aromatic carbocycles. The van der Waals surface area contributed by atoms with E-state index in [1.54, 1.807) is 7.11 Å². The van der Waals surface area contributed by atoms with Gasteiger partial charge in [-0.25, -0.2) is 0 Å². The van der Waals surface area contributed by atoms with Crippen LogP contribution in [0.5, 0.6) is 5.75 Å². The van der Waals surface area contributed by atoms with Crippen LogP contribution in [-0.4, -0.2) is 31.8 Å². The first-order valence-electron chi connectivity index (χ1n) is 9.03. The van der Waals surface area contributed by atoms with Gasteiger partial charge in [0, 0.05) is 12.6 Å². The van der Waals surface area contributed by atoms with Crippen molar-refractivity contribution in [2.45, 2.75) is 45.3 Å². The monoisotopic (exact) mass is 341 g/mol. The smallest absolute Gasteiger partial charge is 0.224 e. The molecule has 25 heavy (non-hydrogen) atoms. The fourth-order valence-electron chi connectivity index (χ4n) is 3.47. The maximum atomic E-state index is 12.6. The molecule has 0 radical (unpaired) electrons. The van der Waals surface area contributed by atoms with Gasteiger partial charge in [-0.2, -0.15) is 0 Å². The number of fused-ring (bicyclic) bond motifs is 1. The molecule has 1 amide bonds. The predicted octanol–water partition coefficient (Wildman–Crippen LogP) is 3.71. The summed E-state index contributed by atoms with van der Waals surface area (Å²) in [7, 11) is 1.66. The number of rotatable bonds is 5. The van der Waals surface area contributed by atoms with E-state index in [0.717, 1.165) is 41.5 Å². The highest BCUT2D eigenvalue weighted by Crippen LogP contribution is 2.25. The summed E-state index contributed by atoms with van der Waals surface area (Å²) in [6, 6.07) is 12.3. The average Bonchev–Trinajstić information content (AvgIpc) is 2.61. The molecule has 0 bridgehead atoms. The zero-order chi connectivity index (χ0) is 17.8. The Kier molecular flexibility index (Phi) is 5.59. The van der Waals surface area contributed by atoms with Crippen LogP contribution in [0.1, 0.15) is 32.3 Å². The molecule has 134 valence electrons. The highest BCUT2D eigenvalue weighted by molar-refractivity contribution is 5.91. The molecule has 2 aromatic rings. The van der Waals surface area contributed by atoms with Crippen molar-refractivity contribution in [3.05, 3.63) is 42.0 Å². The summed E-state index contributed by atoms with van der Waals surface area (Å²) in [5.41, 5.74) is 1.03. The van der Waals surface area contributed by atoms with Crippen LogP contribution >= 0.6 is 0 Å². The number of amides is 1. The summed E-state index contributed by atoms with van der Waals surface area (Å²) in [6.07, 6.45) is 2.40. The van der Waals surface area contributed by atoms with Crippen molar-refractivity contribution >= 4 is 16.7 Å². The molecule has 1 heterocycles. The normalized spacial score (nSPS) is 20.6. The number of nitrogens with one attached hydrogen (secondary N) is 1. The quantitative estimate of drug-likeness (QED) is 0.902. The van der Waals surface area contributed by atoms with E-state index in [0.29, 0.717) is 12.3 Å². The van der Waals surface area contributed by atoms with Crippen LogP contribution < -0.4 is 10.1 Å². The van der Waals surface area contributed by atoms with Gasteiger partial charge in [0.1, 0.15) is 5.75 Å². The molecule has 1 aliphatic heterocycles. The van der Waals surface area contributed by atoms with Crippen molar-refractivity contribution in [1.82, 2.24) is 5.32 Å². The van der Waals surface area contributed by atoms with E-state index in [4.69, 9.17) is 9.47 Å². The standard InChI is InChI=1S/C21H27NO3/c1-14(2)20-12-17(9-10-25-20)22-21(23)11-16-6-4-5-15-7-8-18(24-3)13-19(15)16/h4-8,13-14,17,20H,9-12H2,1-3H3,(H,22,23)/t17-,20+/m0/s1. The summed E-state index contributed by atoms with van der Waals surface area (Å²) < 4.78 is 11.1. The number of carbonyl (C=O) groups excluding carboxylic acids is 1. The third-order valence-corrected chi connectivity index (χ3v) is 4.95. The first kappa shape index (κ1) is 17.7. The van der Waals surface area contributed by atoms with E-state index < -0.39 is 0 Å². The van der Waals surface area contributed by atoms with Gasteiger partial charge in [-0.1, -0.05) is 38.1 Å². The largest absolute Gasteiger partial charge is 0.497 e. The zero-order valence-electron chi connectivity index (χ0n) is 15.2. The van der Waals surface area contributed by atoms with E-state index in [9.17, 15) is 4.79 Å². The summed E-state index contributed by atoms with van der Waals surface area (Å²) in [5.74, 6) is 1.36. The molecule has 1 fully saturated rings. The topological polar surface area (TPSA) is 47.6 Å². The Bertz CT molecular complexity index is 741. The molecule has 4 nitrogen and oxygen atoms in total. The highest BCUT2D eigenvalue weighted by Gasteiger charge is 2.26. The summed E-state index contributed by atoms with van der Waals surface area (Å²) in [5, 5.41) is 5.39. The number of hydrogen-bond donors (Lipinski definition) is 1. The lowest BCUT2D eigenvalue weighted by Crippen LogP contribution is -2.43. The fourth-order valence-corrected chi connectivity index (χ4v) is 3.47. The number of hydrogen-bond acceptors (Lipinski definition) is 3. The highest BCUT2D eigenvalue weighted by atomic mass is 16.5. The Labute approximate surface area is 149 Å². The Hall–Kier alpha value is -2.07. The second-order valence-electron chi connectivity index (χ2n) is 7.12. The maximum absolute atomic E-state index is 12.6. The number of ether oxygens (including phenoxy) is 2. The molecule has 0 aromatic heterocycles. The second-order valence-corrected chi connectivity index (χ2v) is 7.12. The van der Waals surface area contributed by atoms with Crippen LogP contribution in [-0.2, 0) is 16.0 Å². The Balaban J connectivity index is 1.69. The summed E-state index contributed by atoms with van der Waals surface area (Å²) in [4.78, 5) is 12.6. The van der Waals surface area contributed by atoms with Crippen LogP contribution in [0.2, 0.25) is 0 Å². The van der Waals surface area contributed by atoms with Gasteiger partial charge in [-0.3, -0.25) is 4.79 Å². The number of carbonyl (C=O) groups is 1. The lowest BCUT2D eigenvalue weighted by molar-refractivity contribution is -0.122. The Morgan fingerprint density at radius 3 is 2.92 bits per heavy atom. The molecule has 1 N–H and O–H groups in total. The van der Waals surface area contributed by atoms with Crippen LogP contribution in [0.25, 0.3) is 10.8 Å².